The van der Waals surface area contributed by atoms with E-state index in [-0.39, 0.29) is 5.91 Å². The van der Waals surface area contributed by atoms with Crippen LogP contribution < -0.4 is 5.32 Å². The summed E-state index contributed by atoms with van der Waals surface area (Å²) in [5, 5.41) is 5.59. The van der Waals surface area contributed by atoms with Gasteiger partial charge in [-0.3, -0.25) is 9.78 Å². The standard InChI is InChI=1S/C19H14N4OS/c1-12-14(5-3-9-20-12)15-8-7-13-4-2-6-16(18(13)22-15)23-19(24)17-10-25-11-21-17/h2-11H,1H3,(H,23,24). The quantitative estimate of drug-likeness (QED) is 0.600. The number of nitrogens with one attached hydrogen (secondary N) is 1. The van der Waals surface area contributed by atoms with Crippen molar-refractivity contribution < 1.29 is 4.79 Å². The molecule has 0 bridgehead atoms. The molecule has 4 rings (SSSR count). The van der Waals surface area contributed by atoms with Gasteiger partial charge in [-0.15, -0.1) is 11.3 Å². The molecule has 0 saturated carbocycles. The number of nitrogens with zero attached hydrogens (tertiary/aromatic N) is 3. The van der Waals surface area contributed by atoms with Crippen LogP contribution in [0.2, 0.25) is 0 Å². The molecule has 0 saturated heterocycles. The molecule has 1 N–H and O–H groups in total. The van der Waals surface area contributed by atoms with E-state index >= 15 is 0 Å². The molecule has 5 nitrogen and oxygen atoms in total. The summed E-state index contributed by atoms with van der Waals surface area (Å²) >= 11 is 1.39. The summed E-state index contributed by atoms with van der Waals surface area (Å²) in [4.78, 5) is 25.5. The fourth-order valence-corrected chi connectivity index (χ4v) is 3.20. The second kappa shape index (κ2) is 6.41. The number of amides is 1. The smallest absolute Gasteiger partial charge is 0.275 e. The van der Waals surface area contributed by atoms with Crippen molar-refractivity contribution in [3.8, 4) is 11.3 Å². The molecule has 0 atom stereocenters. The Bertz CT molecular complexity index is 1060. The van der Waals surface area contributed by atoms with Gasteiger partial charge in [-0.1, -0.05) is 18.2 Å². The average Bonchev–Trinajstić information content (AvgIpc) is 3.17. The van der Waals surface area contributed by atoms with E-state index < -0.39 is 0 Å². The van der Waals surface area contributed by atoms with Gasteiger partial charge in [0.05, 0.1) is 22.4 Å². The van der Waals surface area contributed by atoms with Crippen molar-refractivity contribution >= 4 is 33.8 Å². The normalized spacial score (nSPS) is 10.8. The molecule has 0 radical (unpaired) electrons. The van der Waals surface area contributed by atoms with E-state index in [1.54, 1.807) is 17.1 Å². The molecule has 1 aromatic carbocycles. The first-order valence-corrected chi connectivity index (χ1v) is 8.68. The molecule has 6 heteroatoms. The Morgan fingerprint density at radius 3 is 2.80 bits per heavy atom. The van der Waals surface area contributed by atoms with Crippen LogP contribution in [-0.2, 0) is 0 Å². The van der Waals surface area contributed by atoms with Crippen LogP contribution in [0.25, 0.3) is 22.2 Å². The van der Waals surface area contributed by atoms with Crippen LogP contribution in [-0.4, -0.2) is 20.9 Å². The van der Waals surface area contributed by atoms with E-state index in [0.717, 1.165) is 27.9 Å². The summed E-state index contributed by atoms with van der Waals surface area (Å²) < 4.78 is 0. The number of thiazole rings is 1. The minimum absolute atomic E-state index is 0.237. The van der Waals surface area contributed by atoms with Crippen molar-refractivity contribution in [1.82, 2.24) is 15.0 Å². The third-order valence-electron chi connectivity index (χ3n) is 3.92. The van der Waals surface area contributed by atoms with Crippen molar-refractivity contribution in [1.29, 1.82) is 0 Å². The lowest BCUT2D eigenvalue weighted by molar-refractivity contribution is 0.102. The molecule has 3 aromatic heterocycles. The first-order valence-electron chi connectivity index (χ1n) is 7.74. The maximum absolute atomic E-state index is 12.3. The van der Waals surface area contributed by atoms with Gasteiger partial charge in [-0.25, -0.2) is 9.97 Å². The molecular weight excluding hydrogens is 332 g/mol. The van der Waals surface area contributed by atoms with Gasteiger partial charge in [0.15, 0.2) is 0 Å². The molecule has 0 spiro atoms. The van der Waals surface area contributed by atoms with Crippen molar-refractivity contribution in [2.45, 2.75) is 6.92 Å². The lowest BCUT2D eigenvalue weighted by Gasteiger charge is -2.10. The van der Waals surface area contributed by atoms with E-state index in [2.05, 4.69) is 15.3 Å². The number of pyridine rings is 2. The van der Waals surface area contributed by atoms with Crippen LogP contribution in [0, 0.1) is 6.92 Å². The van der Waals surface area contributed by atoms with Gasteiger partial charge in [0.25, 0.3) is 5.91 Å². The van der Waals surface area contributed by atoms with Gasteiger partial charge < -0.3 is 5.32 Å². The van der Waals surface area contributed by atoms with Crippen LogP contribution in [0.3, 0.4) is 0 Å². The number of fused-ring (bicyclic) bond motifs is 1. The highest BCUT2D eigenvalue weighted by molar-refractivity contribution is 7.07. The number of aromatic nitrogens is 3. The highest BCUT2D eigenvalue weighted by atomic mass is 32.1. The van der Waals surface area contributed by atoms with E-state index in [0.29, 0.717) is 11.4 Å². The summed E-state index contributed by atoms with van der Waals surface area (Å²) in [6.45, 7) is 1.96. The Balaban J connectivity index is 1.79. The topological polar surface area (TPSA) is 67.8 Å². The SMILES string of the molecule is Cc1ncccc1-c1ccc2cccc(NC(=O)c3cscn3)c2n1. The molecule has 1 amide bonds. The fourth-order valence-electron chi connectivity index (χ4n) is 2.66. The second-order valence-corrected chi connectivity index (χ2v) is 6.26. The van der Waals surface area contributed by atoms with E-state index in [4.69, 9.17) is 4.98 Å². The van der Waals surface area contributed by atoms with Gasteiger partial charge in [-0.2, -0.15) is 0 Å². The van der Waals surface area contributed by atoms with Crippen LogP contribution in [0.5, 0.6) is 0 Å². The van der Waals surface area contributed by atoms with Gasteiger partial charge >= 0.3 is 0 Å². The van der Waals surface area contributed by atoms with Crippen LogP contribution in [0.15, 0.2) is 59.6 Å². The number of hydrogen-bond donors (Lipinski definition) is 1. The number of carbonyl (C=O) groups excluding carboxylic acids is 1. The maximum Gasteiger partial charge on any atom is 0.275 e. The van der Waals surface area contributed by atoms with Crippen molar-refractivity contribution in [3.63, 3.8) is 0 Å². The zero-order valence-electron chi connectivity index (χ0n) is 13.4. The summed E-state index contributed by atoms with van der Waals surface area (Å²) in [5.74, 6) is -0.237. The first kappa shape index (κ1) is 15.4. The number of hydrogen-bond acceptors (Lipinski definition) is 5. The van der Waals surface area contributed by atoms with E-state index in [1.807, 2.05) is 49.4 Å². The highest BCUT2D eigenvalue weighted by Gasteiger charge is 2.12. The minimum Gasteiger partial charge on any atom is -0.319 e. The van der Waals surface area contributed by atoms with Gasteiger partial charge in [0.1, 0.15) is 5.69 Å². The second-order valence-electron chi connectivity index (χ2n) is 5.54. The van der Waals surface area contributed by atoms with Crippen LogP contribution in [0.1, 0.15) is 16.2 Å². The third kappa shape index (κ3) is 2.99. The molecule has 0 fully saturated rings. The zero-order chi connectivity index (χ0) is 17.2. The highest BCUT2D eigenvalue weighted by Crippen LogP contribution is 2.27. The Labute approximate surface area is 148 Å². The third-order valence-corrected chi connectivity index (χ3v) is 4.50. The summed E-state index contributed by atoms with van der Waals surface area (Å²) in [7, 11) is 0. The number of rotatable bonds is 3. The Hall–Kier alpha value is -3.12. The van der Waals surface area contributed by atoms with Crippen LogP contribution in [0.4, 0.5) is 5.69 Å². The molecule has 0 aliphatic heterocycles. The van der Waals surface area contributed by atoms with Crippen molar-refractivity contribution in [2.24, 2.45) is 0 Å². The molecule has 0 unspecified atom stereocenters. The Kier molecular flexibility index (Phi) is 3.95. The summed E-state index contributed by atoms with van der Waals surface area (Å²) in [6, 6.07) is 13.6. The Morgan fingerprint density at radius 1 is 1.08 bits per heavy atom. The number of aryl methyl sites for hydroxylation is 1. The monoisotopic (exact) mass is 346 g/mol. The first-order chi connectivity index (χ1) is 12.2. The summed E-state index contributed by atoms with van der Waals surface area (Å²) in [6.07, 6.45) is 1.76. The predicted octanol–water partition coefficient (Wildman–Crippen LogP) is 4.31. The number of carbonyl (C=O) groups is 1. The molecule has 122 valence electrons. The number of benzene rings is 1. The molecular formula is C19H14N4OS. The van der Waals surface area contributed by atoms with Gasteiger partial charge in [0, 0.05) is 28.2 Å². The molecule has 3 heterocycles. The van der Waals surface area contributed by atoms with Gasteiger partial charge in [-0.05, 0) is 31.2 Å². The van der Waals surface area contributed by atoms with Crippen LogP contribution >= 0.6 is 11.3 Å². The average molecular weight is 346 g/mol. The number of anilines is 1. The Morgan fingerprint density at radius 2 is 2.00 bits per heavy atom. The van der Waals surface area contributed by atoms with Crippen molar-refractivity contribution in [2.75, 3.05) is 5.32 Å². The molecule has 4 aromatic rings. The molecule has 25 heavy (non-hydrogen) atoms. The predicted molar refractivity (Wildman–Crippen MR) is 99.8 cm³/mol. The fraction of sp³-hybridized carbons (Fsp3) is 0.0526. The maximum atomic E-state index is 12.3. The van der Waals surface area contributed by atoms with E-state index in [1.165, 1.54) is 11.3 Å². The summed E-state index contributed by atoms with van der Waals surface area (Å²) in [5.41, 5.74) is 6.17. The van der Waals surface area contributed by atoms with Gasteiger partial charge in [0.2, 0.25) is 0 Å². The lowest BCUT2D eigenvalue weighted by atomic mass is 10.1. The zero-order valence-corrected chi connectivity index (χ0v) is 14.2. The molecule has 0 aliphatic rings. The van der Waals surface area contributed by atoms with E-state index in [9.17, 15) is 4.79 Å². The largest absolute Gasteiger partial charge is 0.319 e. The minimum atomic E-state index is -0.237. The molecule has 0 aliphatic carbocycles. The number of para-hydroxylation sites is 1. The lowest BCUT2D eigenvalue weighted by Crippen LogP contribution is -2.12. The van der Waals surface area contributed by atoms with Crippen molar-refractivity contribution in [3.05, 3.63) is 70.9 Å².